The Kier molecular flexibility index (Phi) is 7.40. The number of aliphatic carboxylic acids is 1. The number of likely N-dealkylation sites (tertiary alicyclic amines) is 1. The van der Waals surface area contributed by atoms with Gasteiger partial charge < -0.3 is 15.2 Å². The van der Waals surface area contributed by atoms with E-state index in [1.54, 1.807) is 4.80 Å². The molecule has 2 N–H and O–H groups in total. The molecule has 0 radical (unpaired) electrons. The van der Waals surface area contributed by atoms with Gasteiger partial charge in [-0.25, -0.2) is 0 Å². The highest BCUT2D eigenvalue weighted by Crippen LogP contribution is 2.40. The average Bonchev–Trinajstić information content (AvgIpc) is 3.41. The SMILES string of the molecule is CCCc1nnn([C@H]2C[C@@H](C(=O)OCC)N(CC3CC[C@H]4CNC(C(=O)O)CC4C3)C2)n1. The van der Waals surface area contributed by atoms with Crippen LogP contribution in [0.1, 0.15) is 64.2 Å². The molecule has 32 heavy (non-hydrogen) atoms. The maximum absolute atomic E-state index is 12.7. The number of aromatic nitrogens is 4. The average molecular weight is 449 g/mol. The molecule has 0 bridgehead atoms. The monoisotopic (exact) mass is 448 g/mol. The van der Waals surface area contributed by atoms with Crippen molar-refractivity contribution < 1.29 is 19.4 Å². The summed E-state index contributed by atoms with van der Waals surface area (Å²) in [4.78, 5) is 28.1. The van der Waals surface area contributed by atoms with E-state index >= 15 is 0 Å². The molecule has 1 saturated carbocycles. The van der Waals surface area contributed by atoms with Crippen molar-refractivity contribution in [3.05, 3.63) is 5.82 Å². The number of hydrogen-bond acceptors (Lipinski definition) is 8. The molecule has 1 aromatic heterocycles. The molecule has 3 fully saturated rings. The smallest absolute Gasteiger partial charge is 0.323 e. The Bertz CT molecular complexity index is 801. The van der Waals surface area contributed by atoms with Gasteiger partial charge in [-0.3, -0.25) is 14.5 Å². The second-order valence-corrected chi connectivity index (χ2v) is 9.62. The van der Waals surface area contributed by atoms with Crippen molar-refractivity contribution in [3.8, 4) is 0 Å². The lowest BCUT2D eigenvalue weighted by molar-refractivity contribution is -0.149. The van der Waals surface area contributed by atoms with Crippen molar-refractivity contribution in [2.24, 2.45) is 17.8 Å². The van der Waals surface area contributed by atoms with Crippen molar-refractivity contribution in [2.45, 2.75) is 76.9 Å². The number of carboxylic acid groups (broad SMARTS) is 1. The zero-order valence-electron chi connectivity index (χ0n) is 19.2. The Labute approximate surface area is 189 Å². The molecular formula is C22H36N6O4. The van der Waals surface area contributed by atoms with Gasteiger partial charge in [0.2, 0.25) is 0 Å². The van der Waals surface area contributed by atoms with Crippen LogP contribution in [0.4, 0.5) is 0 Å². The molecule has 178 valence electrons. The Morgan fingerprint density at radius 2 is 2.03 bits per heavy atom. The van der Waals surface area contributed by atoms with Gasteiger partial charge in [0.05, 0.1) is 12.6 Å². The van der Waals surface area contributed by atoms with Crippen LogP contribution in [0.2, 0.25) is 0 Å². The van der Waals surface area contributed by atoms with Crippen LogP contribution in [-0.4, -0.2) is 80.5 Å². The largest absolute Gasteiger partial charge is 0.480 e. The standard InChI is InChI=1S/C22H36N6O4/c1-3-5-20-24-26-28(25-20)17-10-19(22(31)32-4-2)27(13-17)12-14-6-7-15-11-23-18(21(29)30)9-16(15)8-14/h14-19,23H,3-13H2,1-2H3,(H,29,30)/t14?,15-,16?,17-,18?,19-/m0/s1. The Hall–Kier alpha value is -2.07. The minimum atomic E-state index is -0.752. The van der Waals surface area contributed by atoms with Crippen LogP contribution in [-0.2, 0) is 20.7 Å². The number of tetrazole rings is 1. The lowest BCUT2D eigenvalue weighted by atomic mass is 9.69. The molecule has 3 unspecified atom stereocenters. The minimum absolute atomic E-state index is 0.00845. The molecule has 3 aliphatic rings. The van der Waals surface area contributed by atoms with E-state index in [2.05, 4.69) is 32.6 Å². The van der Waals surface area contributed by atoms with Crippen LogP contribution in [0, 0.1) is 17.8 Å². The topological polar surface area (TPSA) is 122 Å². The molecule has 1 aliphatic carbocycles. The number of aryl methyl sites for hydroxylation is 1. The molecule has 4 rings (SSSR count). The summed E-state index contributed by atoms with van der Waals surface area (Å²) in [5.74, 6) is 1.27. The van der Waals surface area contributed by atoms with Crippen molar-refractivity contribution in [3.63, 3.8) is 0 Å². The number of nitrogens with zero attached hydrogens (tertiary/aromatic N) is 5. The zero-order chi connectivity index (χ0) is 22.7. The van der Waals surface area contributed by atoms with E-state index in [0.717, 1.165) is 51.0 Å². The van der Waals surface area contributed by atoms with E-state index in [9.17, 15) is 14.7 Å². The third kappa shape index (κ3) is 5.11. The quantitative estimate of drug-likeness (QED) is 0.566. The number of carbonyl (C=O) groups is 2. The first-order chi connectivity index (χ1) is 15.5. The molecule has 10 heteroatoms. The van der Waals surface area contributed by atoms with Crippen LogP contribution in [0.15, 0.2) is 0 Å². The first-order valence-corrected chi connectivity index (χ1v) is 12.1. The van der Waals surface area contributed by atoms with Gasteiger partial charge in [0.15, 0.2) is 5.82 Å². The molecule has 0 amide bonds. The van der Waals surface area contributed by atoms with E-state index in [1.165, 1.54) is 0 Å². The molecule has 2 saturated heterocycles. The number of piperidine rings is 1. The molecule has 0 spiro atoms. The number of carbonyl (C=O) groups excluding carboxylic acids is 1. The third-order valence-corrected chi connectivity index (χ3v) is 7.41. The molecule has 1 aromatic rings. The van der Waals surface area contributed by atoms with Crippen molar-refractivity contribution in [1.29, 1.82) is 0 Å². The fourth-order valence-electron chi connectivity index (χ4n) is 5.81. The van der Waals surface area contributed by atoms with Gasteiger partial charge in [-0.15, -0.1) is 10.2 Å². The molecule has 0 aromatic carbocycles. The second-order valence-electron chi connectivity index (χ2n) is 9.62. The summed E-state index contributed by atoms with van der Waals surface area (Å²) < 4.78 is 5.38. The Morgan fingerprint density at radius 3 is 2.78 bits per heavy atom. The summed E-state index contributed by atoms with van der Waals surface area (Å²) in [7, 11) is 0. The fraction of sp³-hybridized carbons (Fsp3) is 0.864. The van der Waals surface area contributed by atoms with E-state index in [4.69, 9.17) is 4.74 Å². The number of nitrogens with one attached hydrogen (secondary N) is 1. The number of ether oxygens (including phenoxy) is 1. The fourth-order valence-corrected chi connectivity index (χ4v) is 5.81. The summed E-state index contributed by atoms with van der Waals surface area (Å²) in [6, 6.07) is -0.721. The molecule has 6 atom stereocenters. The number of hydrogen-bond donors (Lipinski definition) is 2. The van der Waals surface area contributed by atoms with Crippen molar-refractivity contribution in [2.75, 3.05) is 26.2 Å². The van der Waals surface area contributed by atoms with Gasteiger partial charge >= 0.3 is 11.9 Å². The van der Waals surface area contributed by atoms with Crippen LogP contribution < -0.4 is 5.32 Å². The predicted octanol–water partition coefficient (Wildman–Crippen LogP) is 1.28. The number of carboxylic acids is 1. The normalized spacial score (nSPS) is 33.1. The molecule has 3 heterocycles. The maximum atomic E-state index is 12.7. The lowest BCUT2D eigenvalue weighted by Gasteiger charge is -2.42. The summed E-state index contributed by atoms with van der Waals surface area (Å²) in [6.07, 6.45) is 6.34. The van der Waals surface area contributed by atoms with Crippen LogP contribution in [0.3, 0.4) is 0 Å². The zero-order valence-corrected chi connectivity index (χ0v) is 19.2. The summed E-state index contributed by atoms with van der Waals surface area (Å²) in [6.45, 7) is 6.61. The van der Waals surface area contributed by atoms with Gasteiger partial charge in [0.25, 0.3) is 0 Å². The van der Waals surface area contributed by atoms with Crippen LogP contribution >= 0.6 is 0 Å². The van der Waals surface area contributed by atoms with Gasteiger partial charge in [0.1, 0.15) is 12.1 Å². The highest BCUT2D eigenvalue weighted by molar-refractivity contribution is 5.76. The first kappa shape index (κ1) is 23.1. The summed E-state index contributed by atoms with van der Waals surface area (Å²) in [5, 5.41) is 25.5. The first-order valence-electron chi connectivity index (χ1n) is 12.1. The summed E-state index contributed by atoms with van der Waals surface area (Å²) in [5.41, 5.74) is 0. The molecular weight excluding hydrogens is 412 g/mol. The molecule has 10 nitrogen and oxygen atoms in total. The predicted molar refractivity (Wildman–Crippen MR) is 116 cm³/mol. The van der Waals surface area contributed by atoms with Gasteiger partial charge in [0, 0.05) is 19.5 Å². The van der Waals surface area contributed by atoms with E-state index in [0.29, 0.717) is 43.7 Å². The van der Waals surface area contributed by atoms with E-state index < -0.39 is 12.0 Å². The maximum Gasteiger partial charge on any atom is 0.323 e. The third-order valence-electron chi connectivity index (χ3n) is 7.41. The lowest BCUT2D eigenvalue weighted by Crippen LogP contribution is -2.50. The number of fused-ring (bicyclic) bond motifs is 1. The molecule has 2 aliphatic heterocycles. The van der Waals surface area contributed by atoms with Crippen LogP contribution in [0.25, 0.3) is 0 Å². The van der Waals surface area contributed by atoms with Gasteiger partial charge in [-0.2, -0.15) is 4.80 Å². The van der Waals surface area contributed by atoms with E-state index in [-0.39, 0.29) is 18.1 Å². The second kappa shape index (κ2) is 10.2. The van der Waals surface area contributed by atoms with Crippen molar-refractivity contribution >= 4 is 11.9 Å². The number of esters is 1. The minimum Gasteiger partial charge on any atom is -0.480 e. The van der Waals surface area contributed by atoms with Gasteiger partial charge in [-0.1, -0.05) is 6.92 Å². The number of rotatable bonds is 8. The van der Waals surface area contributed by atoms with Gasteiger partial charge in [-0.05, 0) is 75.0 Å². The van der Waals surface area contributed by atoms with Crippen molar-refractivity contribution in [1.82, 2.24) is 30.4 Å². The highest BCUT2D eigenvalue weighted by atomic mass is 16.5. The Balaban J connectivity index is 1.41. The Morgan fingerprint density at radius 1 is 1.19 bits per heavy atom. The summed E-state index contributed by atoms with van der Waals surface area (Å²) >= 11 is 0. The highest BCUT2D eigenvalue weighted by Gasteiger charge is 2.43. The van der Waals surface area contributed by atoms with Crippen LogP contribution in [0.5, 0.6) is 0 Å². The van der Waals surface area contributed by atoms with E-state index in [1.807, 2.05) is 6.92 Å².